The maximum atomic E-state index is 14.6. The quantitative estimate of drug-likeness (QED) is 0.260. The Bertz CT molecular complexity index is 1500. The topological polar surface area (TPSA) is 108 Å². The van der Waals surface area contributed by atoms with Crippen molar-refractivity contribution in [3.63, 3.8) is 0 Å². The molecule has 2 amide bonds. The van der Waals surface area contributed by atoms with Gasteiger partial charge in [-0.15, -0.1) is 0 Å². The van der Waals surface area contributed by atoms with E-state index in [1.807, 2.05) is 0 Å². The van der Waals surface area contributed by atoms with E-state index < -0.39 is 59.2 Å². The predicted molar refractivity (Wildman–Crippen MR) is 138 cm³/mol. The number of rotatable bonds is 9. The lowest BCUT2D eigenvalue weighted by Crippen LogP contribution is -2.20. The van der Waals surface area contributed by atoms with Gasteiger partial charge >= 0.3 is 12.3 Å². The number of hydrogen-bond donors (Lipinski definition) is 2. The molecule has 3 aromatic rings. The number of amides is 2. The number of ketones is 1. The number of halogens is 5. The fraction of sp³-hybridized carbons (Fsp3) is 0.276. The average Bonchev–Trinajstić information content (AvgIpc) is 3.70. The van der Waals surface area contributed by atoms with Gasteiger partial charge in [0.15, 0.2) is 0 Å². The lowest BCUT2D eigenvalue weighted by Gasteiger charge is -2.20. The minimum Gasteiger partial charge on any atom is -0.456 e. The molecule has 0 radical (unpaired) electrons. The second-order valence-electron chi connectivity index (χ2n) is 9.74. The Balaban J connectivity index is 1.75. The van der Waals surface area contributed by atoms with Gasteiger partial charge in [0.05, 0.1) is 11.1 Å². The highest BCUT2D eigenvalue weighted by atomic mass is 19.4. The van der Waals surface area contributed by atoms with Crippen molar-refractivity contribution in [2.24, 2.45) is 5.73 Å². The van der Waals surface area contributed by atoms with E-state index in [9.17, 15) is 36.3 Å². The normalized spacial score (nSPS) is 13.8. The SMILES string of the molecule is CC(=O)CC(OC(N)=O)c1cc(NC(=O)c2cc(C(F)(F)F)c(C3CC3)cc2Oc2ccc(F)cc2C)ccc1F. The van der Waals surface area contributed by atoms with E-state index in [1.54, 1.807) is 0 Å². The molecule has 0 aromatic heterocycles. The predicted octanol–water partition coefficient (Wildman–Crippen LogP) is 7.33. The highest BCUT2D eigenvalue weighted by Crippen LogP contribution is 2.48. The molecule has 1 unspecified atom stereocenters. The first-order valence-corrected chi connectivity index (χ1v) is 12.5. The summed E-state index contributed by atoms with van der Waals surface area (Å²) in [6, 6.07) is 8.58. The molecule has 41 heavy (non-hydrogen) atoms. The van der Waals surface area contributed by atoms with Crippen molar-refractivity contribution in [1.82, 2.24) is 0 Å². The van der Waals surface area contributed by atoms with E-state index in [-0.39, 0.29) is 34.2 Å². The molecular weight excluding hydrogens is 551 g/mol. The van der Waals surface area contributed by atoms with Crippen molar-refractivity contribution in [2.45, 2.75) is 51.3 Å². The number of primary amides is 1. The monoisotopic (exact) mass is 576 g/mol. The number of nitrogens with one attached hydrogen (secondary N) is 1. The van der Waals surface area contributed by atoms with Crippen molar-refractivity contribution in [3.8, 4) is 11.5 Å². The highest BCUT2D eigenvalue weighted by Gasteiger charge is 2.40. The van der Waals surface area contributed by atoms with E-state index >= 15 is 0 Å². The third-order valence-electron chi connectivity index (χ3n) is 6.41. The van der Waals surface area contributed by atoms with Gasteiger partial charge in [0.1, 0.15) is 35.0 Å². The summed E-state index contributed by atoms with van der Waals surface area (Å²) in [5, 5.41) is 2.41. The number of hydrogen-bond acceptors (Lipinski definition) is 5. The fourth-order valence-electron chi connectivity index (χ4n) is 4.36. The van der Waals surface area contributed by atoms with Crippen molar-refractivity contribution in [1.29, 1.82) is 0 Å². The lowest BCUT2D eigenvalue weighted by molar-refractivity contribution is -0.138. The molecule has 0 heterocycles. The van der Waals surface area contributed by atoms with Crippen LogP contribution in [0.5, 0.6) is 11.5 Å². The number of anilines is 1. The Hall–Kier alpha value is -4.48. The second kappa shape index (κ2) is 11.6. The largest absolute Gasteiger partial charge is 0.456 e. The van der Waals surface area contributed by atoms with Crippen molar-refractivity contribution < 1.29 is 45.8 Å². The summed E-state index contributed by atoms with van der Waals surface area (Å²) in [6.45, 7) is 2.73. The van der Waals surface area contributed by atoms with Crippen LogP contribution in [0.2, 0.25) is 0 Å². The minimum atomic E-state index is -4.77. The summed E-state index contributed by atoms with van der Waals surface area (Å²) in [5.74, 6) is -3.32. The van der Waals surface area contributed by atoms with Crippen molar-refractivity contribution in [3.05, 3.63) is 88.0 Å². The van der Waals surface area contributed by atoms with Crippen molar-refractivity contribution in [2.75, 3.05) is 5.32 Å². The van der Waals surface area contributed by atoms with E-state index in [0.29, 0.717) is 24.5 Å². The fourth-order valence-corrected chi connectivity index (χ4v) is 4.36. The first-order valence-electron chi connectivity index (χ1n) is 12.5. The number of carbonyl (C=O) groups is 3. The van der Waals surface area contributed by atoms with Crippen LogP contribution in [0.25, 0.3) is 0 Å². The molecule has 4 rings (SSSR count). The molecule has 0 saturated heterocycles. The molecule has 7 nitrogen and oxygen atoms in total. The Morgan fingerprint density at radius 1 is 1.02 bits per heavy atom. The molecule has 1 saturated carbocycles. The van der Waals surface area contributed by atoms with Crippen LogP contribution in [-0.2, 0) is 15.7 Å². The van der Waals surface area contributed by atoms with Gasteiger partial charge < -0.3 is 20.5 Å². The number of ether oxygens (including phenoxy) is 2. The molecule has 1 fully saturated rings. The summed E-state index contributed by atoms with van der Waals surface area (Å²) >= 11 is 0. The van der Waals surface area contributed by atoms with Gasteiger partial charge in [0.2, 0.25) is 0 Å². The van der Waals surface area contributed by atoms with Gasteiger partial charge in [-0.05, 0) is 92.3 Å². The molecule has 0 aliphatic heterocycles. The highest BCUT2D eigenvalue weighted by molar-refractivity contribution is 6.06. The molecule has 1 aliphatic carbocycles. The van der Waals surface area contributed by atoms with Crippen LogP contribution >= 0.6 is 0 Å². The molecule has 3 N–H and O–H groups in total. The first-order chi connectivity index (χ1) is 19.2. The Morgan fingerprint density at radius 2 is 1.73 bits per heavy atom. The third kappa shape index (κ3) is 7.19. The maximum Gasteiger partial charge on any atom is 0.416 e. The molecule has 3 aromatic carbocycles. The number of carbonyl (C=O) groups excluding carboxylic acids is 3. The average molecular weight is 577 g/mol. The van der Waals surface area contributed by atoms with Gasteiger partial charge in [-0.3, -0.25) is 9.59 Å². The zero-order valence-electron chi connectivity index (χ0n) is 21.9. The zero-order chi connectivity index (χ0) is 30.1. The minimum absolute atomic E-state index is 0.0245. The second-order valence-corrected chi connectivity index (χ2v) is 9.74. The van der Waals surface area contributed by atoms with E-state index in [1.165, 1.54) is 26.0 Å². The van der Waals surface area contributed by atoms with Crippen LogP contribution in [0, 0.1) is 18.6 Å². The van der Waals surface area contributed by atoms with Gasteiger partial charge in [0.25, 0.3) is 5.91 Å². The maximum absolute atomic E-state index is 14.6. The number of Topliss-reactive ketones (excluding diaryl/α,β-unsaturated/α-hetero) is 1. The molecule has 1 aliphatic rings. The number of benzene rings is 3. The first kappa shape index (κ1) is 29.5. The molecule has 216 valence electrons. The number of aryl methyl sites for hydroxylation is 1. The van der Waals surface area contributed by atoms with Gasteiger partial charge in [-0.2, -0.15) is 13.2 Å². The standard InChI is InChI=1S/C29H25F5N2O5/c1-14-9-17(30)5-8-24(14)40-26-13-19(16-3-4-16)22(29(32,33)34)12-21(26)27(38)36-18-6-7-23(31)20(11-18)25(10-15(2)37)41-28(35)39/h5-9,11-13,16,25H,3-4,10H2,1-2H3,(H2,35,39)(H,36,38). The van der Waals surface area contributed by atoms with E-state index in [4.69, 9.17) is 15.2 Å². The summed E-state index contributed by atoms with van der Waals surface area (Å²) in [6.07, 6.45) is -6.78. The Morgan fingerprint density at radius 3 is 2.32 bits per heavy atom. The van der Waals surface area contributed by atoms with Gasteiger partial charge in [-0.1, -0.05) is 0 Å². The molecule has 0 spiro atoms. The Labute approximate surface area is 231 Å². The van der Waals surface area contributed by atoms with Crippen LogP contribution < -0.4 is 15.8 Å². The van der Waals surface area contributed by atoms with Crippen LogP contribution in [0.4, 0.5) is 32.4 Å². The third-order valence-corrected chi connectivity index (χ3v) is 6.41. The summed E-state index contributed by atoms with van der Waals surface area (Å²) in [7, 11) is 0. The molecule has 1 atom stereocenters. The van der Waals surface area contributed by atoms with Gasteiger partial charge in [-0.25, -0.2) is 13.6 Å². The molecule has 0 bridgehead atoms. The zero-order valence-corrected chi connectivity index (χ0v) is 21.9. The summed E-state index contributed by atoms with van der Waals surface area (Å²) < 4.78 is 81.1. The smallest absolute Gasteiger partial charge is 0.416 e. The lowest BCUT2D eigenvalue weighted by atomic mass is 9.98. The van der Waals surface area contributed by atoms with Crippen molar-refractivity contribution >= 4 is 23.5 Å². The van der Waals surface area contributed by atoms with Gasteiger partial charge in [0, 0.05) is 17.7 Å². The van der Waals surface area contributed by atoms with Crippen LogP contribution in [0.3, 0.4) is 0 Å². The summed E-state index contributed by atoms with van der Waals surface area (Å²) in [4.78, 5) is 36.3. The number of alkyl halides is 3. The van der Waals surface area contributed by atoms with Crippen LogP contribution in [0.15, 0.2) is 48.5 Å². The molecule has 12 heteroatoms. The number of nitrogens with two attached hydrogens (primary N) is 1. The Kier molecular flexibility index (Phi) is 8.32. The van der Waals surface area contributed by atoms with E-state index in [2.05, 4.69) is 5.32 Å². The molecular formula is C29H25F5N2O5. The summed E-state index contributed by atoms with van der Waals surface area (Å²) in [5.41, 5.74) is 3.54. The van der Waals surface area contributed by atoms with Crippen LogP contribution in [0.1, 0.15) is 70.8 Å². The van der Waals surface area contributed by atoms with Crippen LogP contribution in [-0.4, -0.2) is 17.8 Å². The van der Waals surface area contributed by atoms with E-state index in [0.717, 1.165) is 30.3 Å².